The van der Waals surface area contributed by atoms with Crippen LogP contribution >= 0.6 is 0 Å². The fraction of sp³-hybridized carbons (Fsp3) is 0.600. The Kier molecular flexibility index (Phi) is 4.53. The maximum Gasteiger partial charge on any atom is 0.222 e. The molecule has 1 atom stereocenters. The summed E-state index contributed by atoms with van der Waals surface area (Å²) < 4.78 is 0. The van der Waals surface area contributed by atoms with Gasteiger partial charge in [-0.15, -0.1) is 0 Å². The van der Waals surface area contributed by atoms with Crippen LogP contribution in [0.5, 0.6) is 0 Å². The lowest BCUT2D eigenvalue weighted by Crippen LogP contribution is -2.46. The number of nitrogens with two attached hydrogens (primary N) is 1. The Morgan fingerprint density at radius 3 is 2.79 bits per heavy atom. The summed E-state index contributed by atoms with van der Waals surface area (Å²) >= 11 is 0. The number of pyridine rings is 1. The molecule has 0 spiro atoms. The minimum absolute atomic E-state index is 0.0301. The summed E-state index contributed by atoms with van der Waals surface area (Å²) in [4.78, 5) is 16.3. The zero-order valence-corrected chi connectivity index (χ0v) is 11.6. The van der Waals surface area contributed by atoms with Crippen molar-refractivity contribution in [1.82, 2.24) is 10.3 Å². The Morgan fingerprint density at radius 1 is 1.42 bits per heavy atom. The van der Waals surface area contributed by atoms with Gasteiger partial charge in [0.1, 0.15) is 0 Å². The second-order valence-electron chi connectivity index (χ2n) is 5.64. The lowest BCUT2D eigenvalue weighted by atomic mass is 9.80. The van der Waals surface area contributed by atoms with Crippen molar-refractivity contribution in [2.24, 2.45) is 5.73 Å². The SMILES string of the molecule is CC(NC(=O)CC1(N)CCCCC1)c1ccccn1. The Labute approximate surface area is 114 Å². The standard InChI is InChI=1S/C15H23N3O/c1-12(13-7-3-6-10-17-13)18-14(19)11-15(16)8-4-2-5-9-15/h3,6-7,10,12H,2,4-5,8-9,11,16H2,1H3,(H,18,19). The minimum atomic E-state index is -0.299. The Morgan fingerprint density at radius 2 is 2.16 bits per heavy atom. The van der Waals surface area contributed by atoms with Crippen molar-refractivity contribution in [1.29, 1.82) is 0 Å². The summed E-state index contributed by atoms with van der Waals surface area (Å²) in [5.41, 5.74) is 6.88. The summed E-state index contributed by atoms with van der Waals surface area (Å²) in [5.74, 6) is 0.0301. The molecule has 104 valence electrons. The molecular formula is C15H23N3O. The number of nitrogens with one attached hydrogen (secondary N) is 1. The number of rotatable bonds is 4. The van der Waals surface area contributed by atoms with Crippen LogP contribution in [0.4, 0.5) is 0 Å². The van der Waals surface area contributed by atoms with Crippen LogP contribution in [0.2, 0.25) is 0 Å². The zero-order valence-electron chi connectivity index (χ0n) is 11.6. The monoisotopic (exact) mass is 261 g/mol. The molecule has 3 N–H and O–H groups in total. The second kappa shape index (κ2) is 6.15. The first-order valence-electron chi connectivity index (χ1n) is 7.08. The molecule has 1 aliphatic carbocycles. The molecule has 4 heteroatoms. The summed E-state index contributed by atoms with van der Waals surface area (Å²) in [6.07, 6.45) is 7.59. The number of carbonyl (C=O) groups excluding carboxylic acids is 1. The average molecular weight is 261 g/mol. The lowest BCUT2D eigenvalue weighted by molar-refractivity contribution is -0.123. The van der Waals surface area contributed by atoms with E-state index in [9.17, 15) is 4.79 Å². The molecule has 1 aromatic rings. The van der Waals surface area contributed by atoms with E-state index in [-0.39, 0.29) is 17.5 Å². The third-order valence-electron chi connectivity index (χ3n) is 3.87. The number of hydrogen-bond donors (Lipinski definition) is 2. The first-order valence-corrected chi connectivity index (χ1v) is 7.08. The average Bonchev–Trinajstić information content (AvgIpc) is 2.39. The van der Waals surface area contributed by atoms with Gasteiger partial charge in [-0.3, -0.25) is 9.78 Å². The molecule has 2 rings (SSSR count). The van der Waals surface area contributed by atoms with Crippen LogP contribution in [0, 0.1) is 0 Å². The van der Waals surface area contributed by atoms with Gasteiger partial charge in [0.15, 0.2) is 0 Å². The van der Waals surface area contributed by atoms with Crippen molar-refractivity contribution in [2.75, 3.05) is 0 Å². The third-order valence-corrected chi connectivity index (χ3v) is 3.87. The third kappa shape index (κ3) is 4.03. The van der Waals surface area contributed by atoms with Gasteiger partial charge in [0.2, 0.25) is 5.91 Å². The Bertz CT molecular complexity index is 413. The van der Waals surface area contributed by atoms with E-state index in [0.717, 1.165) is 31.4 Å². The molecule has 1 heterocycles. The van der Waals surface area contributed by atoms with Gasteiger partial charge in [0, 0.05) is 18.2 Å². The minimum Gasteiger partial charge on any atom is -0.348 e. The van der Waals surface area contributed by atoms with Gasteiger partial charge in [-0.2, -0.15) is 0 Å². The molecule has 4 nitrogen and oxygen atoms in total. The Hall–Kier alpha value is -1.42. The molecule has 1 amide bonds. The van der Waals surface area contributed by atoms with Crippen LogP contribution in [0.1, 0.15) is 57.2 Å². The van der Waals surface area contributed by atoms with Crippen molar-refractivity contribution < 1.29 is 4.79 Å². The van der Waals surface area contributed by atoms with Crippen molar-refractivity contribution in [3.05, 3.63) is 30.1 Å². The summed E-state index contributed by atoms with van der Waals surface area (Å²) in [6.45, 7) is 1.95. The van der Waals surface area contributed by atoms with Crippen molar-refractivity contribution in [3.8, 4) is 0 Å². The molecule has 19 heavy (non-hydrogen) atoms. The van der Waals surface area contributed by atoms with Crippen LogP contribution < -0.4 is 11.1 Å². The number of nitrogens with zero attached hydrogens (tertiary/aromatic N) is 1. The Balaban J connectivity index is 1.87. The first-order chi connectivity index (χ1) is 9.09. The number of aromatic nitrogens is 1. The van der Waals surface area contributed by atoms with Crippen LogP contribution in [0.3, 0.4) is 0 Å². The second-order valence-corrected chi connectivity index (χ2v) is 5.64. The maximum atomic E-state index is 12.1. The molecule has 0 bridgehead atoms. The van der Waals surface area contributed by atoms with Gasteiger partial charge in [0.05, 0.1) is 11.7 Å². The highest BCUT2D eigenvalue weighted by Gasteiger charge is 2.30. The van der Waals surface area contributed by atoms with Gasteiger partial charge in [-0.25, -0.2) is 0 Å². The highest BCUT2D eigenvalue weighted by molar-refractivity contribution is 5.77. The van der Waals surface area contributed by atoms with E-state index >= 15 is 0 Å². The van der Waals surface area contributed by atoms with E-state index in [1.165, 1.54) is 6.42 Å². The highest BCUT2D eigenvalue weighted by Crippen LogP contribution is 2.28. The quantitative estimate of drug-likeness (QED) is 0.874. The molecule has 1 fully saturated rings. The lowest BCUT2D eigenvalue weighted by Gasteiger charge is -2.33. The van der Waals surface area contributed by atoms with Gasteiger partial charge in [-0.1, -0.05) is 25.3 Å². The van der Waals surface area contributed by atoms with Crippen LogP contribution in [-0.2, 0) is 4.79 Å². The number of amides is 1. The van der Waals surface area contributed by atoms with E-state index in [1.807, 2.05) is 25.1 Å². The first kappa shape index (κ1) is 14.0. The van der Waals surface area contributed by atoms with Crippen LogP contribution in [0.15, 0.2) is 24.4 Å². The van der Waals surface area contributed by atoms with Gasteiger partial charge < -0.3 is 11.1 Å². The molecule has 1 aromatic heterocycles. The molecule has 1 unspecified atom stereocenters. The molecular weight excluding hydrogens is 238 g/mol. The van der Waals surface area contributed by atoms with Crippen LogP contribution in [0.25, 0.3) is 0 Å². The molecule has 1 saturated carbocycles. The molecule has 0 saturated heterocycles. The summed E-state index contributed by atoms with van der Waals surface area (Å²) in [5, 5.41) is 2.99. The maximum absolute atomic E-state index is 12.1. The van der Waals surface area contributed by atoms with Gasteiger partial charge in [-0.05, 0) is 31.9 Å². The largest absolute Gasteiger partial charge is 0.348 e. The molecule has 0 aromatic carbocycles. The van der Waals surface area contributed by atoms with E-state index in [4.69, 9.17) is 5.73 Å². The normalized spacial score (nSPS) is 19.7. The van der Waals surface area contributed by atoms with E-state index in [2.05, 4.69) is 10.3 Å². The van der Waals surface area contributed by atoms with Crippen molar-refractivity contribution in [2.45, 2.75) is 57.0 Å². The van der Waals surface area contributed by atoms with Gasteiger partial charge in [0.25, 0.3) is 0 Å². The van der Waals surface area contributed by atoms with E-state index in [0.29, 0.717) is 6.42 Å². The van der Waals surface area contributed by atoms with E-state index < -0.39 is 0 Å². The smallest absolute Gasteiger partial charge is 0.222 e. The molecule has 1 aliphatic rings. The fourth-order valence-corrected chi connectivity index (χ4v) is 2.75. The molecule has 0 aliphatic heterocycles. The topological polar surface area (TPSA) is 68.0 Å². The van der Waals surface area contributed by atoms with E-state index in [1.54, 1.807) is 6.20 Å². The number of carbonyl (C=O) groups is 1. The highest BCUT2D eigenvalue weighted by atomic mass is 16.1. The fourth-order valence-electron chi connectivity index (χ4n) is 2.75. The number of hydrogen-bond acceptors (Lipinski definition) is 3. The van der Waals surface area contributed by atoms with Crippen molar-refractivity contribution in [3.63, 3.8) is 0 Å². The van der Waals surface area contributed by atoms with Crippen LogP contribution in [-0.4, -0.2) is 16.4 Å². The summed E-state index contributed by atoms with van der Waals surface area (Å²) in [7, 11) is 0. The predicted molar refractivity (Wildman–Crippen MR) is 75.4 cm³/mol. The van der Waals surface area contributed by atoms with Gasteiger partial charge >= 0.3 is 0 Å². The predicted octanol–water partition coefficient (Wildman–Crippen LogP) is 2.31. The van der Waals surface area contributed by atoms with Crippen molar-refractivity contribution >= 4 is 5.91 Å². The molecule has 0 radical (unpaired) electrons. The summed E-state index contributed by atoms with van der Waals surface area (Å²) in [6, 6.07) is 5.65. The zero-order chi connectivity index (χ0) is 13.7.